The van der Waals surface area contributed by atoms with Crippen molar-refractivity contribution in [1.29, 1.82) is 0 Å². The molecule has 2 rings (SSSR count). The zero-order chi connectivity index (χ0) is 11.4. The number of benzene rings is 1. The van der Waals surface area contributed by atoms with Crippen molar-refractivity contribution >= 4 is 0 Å². The summed E-state index contributed by atoms with van der Waals surface area (Å²) in [6, 6.07) is 4.76. The van der Waals surface area contributed by atoms with E-state index in [-0.39, 0.29) is 17.6 Å². The average Bonchev–Trinajstić information content (AvgIpc) is 2.32. The van der Waals surface area contributed by atoms with E-state index in [9.17, 15) is 5.11 Å². The molecular weight excluding hydrogens is 206 g/mol. The predicted octanol–water partition coefficient (Wildman–Crippen LogP) is 1.38. The minimum atomic E-state index is -0.0975. The monoisotopic (exact) mass is 222 g/mol. The summed E-state index contributed by atoms with van der Waals surface area (Å²) < 4.78 is 5.71. The van der Waals surface area contributed by atoms with E-state index < -0.39 is 0 Å². The average molecular weight is 222 g/mol. The summed E-state index contributed by atoms with van der Waals surface area (Å²) >= 11 is 0. The second kappa shape index (κ2) is 5.18. The smallest absolute Gasteiger partial charge is 0.157 e. The number of hydrogen-bond donors (Lipinski definition) is 2. The number of phenolic OH excluding ortho intramolecular Hbond substituents is 2. The molecule has 16 heavy (non-hydrogen) atoms. The molecule has 0 aliphatic carbocycles. The molecule has 0 unspecified atom stereocenters. The molecule has 0 amide bonds. The van der Waals surface area contributed by atoms with Crippen LogP contribution in [0.25, 0.3) is 0 Å². The summed E-state index contributed by atoms with van der Waals surface area (Å²) in [7, 11) is 0. The SMILES string of the molecule is Oc1ccc(COC2CC[N]CC2)cc1O. The molecule has 0 saturated carbocycles. The lowest BCUT2D eigenvalue weighted by Crippen LogP contribution is -2.28. The molecule has 0 aromatic heterocycles. The van der Waals surface area contributed by atoms with Gasteiger partial charge < -0.3 is 14.9 Å². The van der Waals surface area contributed by atoms with Gasteiger partial charge in [-0.25, -0.2) is 5.32 Å². The van der Waals surface area contributed by atoms with Gasteiger partial charge in [0.15, 0.2) is 11.5 Å². The van der Waals surface area contributed by atoms with Gasteiger partial charge in [0.25, 0.3) is 0 Å². The van der Waals surface area contributed by atoms with Gasteiger partial charge >= 0.3 is 0 Å². The largest absolute Gasteiger partial charge is 0.504 e. The van der Waals surface area contributed by atoms with Gasteiger partial charge in [0, 0.05) is 13.1 Å². The van der Waals surface area contributed by atoms with Crippen molar-refractivity contribution in [1.82, 2.24) is 5.32 Å². The molecule has 1 aliphatic heterocycles. The first-order valence-electron chi connectivity index (χ1n) is 5.51. The molecule has 1 aromatic rings. The van der Waals surface area contributed by atoms with Crippen molar-refractivity contribution in [3.05, 3.63) is 23.8 Å². The van der Waals surface area contributed by atoms with E-state index in [0.717, 1.165) is 31.5 Å². The maximum absolute atomic E-state index is 9.32. The molecule has 4 nitrogen and oxygen atoms in total. The van der Waals surface area contributed by atoms with Crippen LogP contribution in [0.1, 0.15) is 18.4 Å². The van der Waals surface area contributed by atoms with Gasteiger partial charge in [0.2, 0.25) is 0 Å². The number of aromatic hydroxyl groups is 2. The van der Waals surface area contributed by atoms with Gasteiger partial charge in [-0.2, -0.15) is 0 Å². The topological polar surface area (TPSA) is 63.8 Å². The van der Waals surface area contributed by atoms with Gasteiger partial charge in [0.05, 0.1) is 12.7 Å². The Labute approximate surface area is 94.9 Å². The van der Waals surface area contributed by atoms with E-state index in [4.69, 9.17) is 9.84 Å². The third-order valence-electron chi connectivity index (χ3n) is 2.74. The zero-order valence-corrected chi connectivity index (χ0v) is 9.09. The molecule has 0 spiro atoms. The molecule has 2 N–H and O–H groups in total. The summed E-state index contributed by atoms with van der Waals surface area (Å²) in [6.45, 7) is 2.23. The van der Waals surface area contributed by atoms with Crippen LogP contribution in [0.4, 0.5) is 0 Å². The molecule has 1 fully saturated rings. The molecule has 1 aromatic carbocycles. The Balaban J connectivity index is 1.86. The molecule has 4 heteroatoms. The Morgan fingerprint density at radius 3 is 2.62 bits per heavy atom. The summed E-state index contributed by atoms with van der Waals surface area (Å²) in [5, 5.41) is 22.7. The normalized spacial score (nSPS) is 17.5. The van der Waals surface area contributed by atoms with Crippen LogP contribution < -0.4 is 5.32 Å². The van der Waals surface area contributed by atoms with Crippen LogP contribution in [0, 0.1) is 0 Å². The summed E-state index contributed by atoms with van der Waals surface area (Å²) in [5.74, 6) is -0.194. The Morgan fingerprint density at radius 2 is 1.94 bits per heavy atom. The van der Waals surface area contributed by atoms with E-state index in [1.807, 2.05) is 0 Å². The first kappa shape index (κ1) is 11.2. The first-order valence-corrected chi connectivity index (χ1v) is 5.51. The van der Waals surface area contributed by atoms with E-state index >= 15 is 0 Å². The number of ether oxygens (including phenoxy) is 1. The van der Waals surface area contributed by atoms with Crippen molar-refractivity contribution in [3.8, 4) is 11.5 Å². The maximum Gasteiger partial charge on any atom is 0.157 e. The van der Waals surface area contributed by atoms with Gasteiger partial charge in [0.1, 0.15) is 0 Å². The van der Waals surface area contributed by atoms with Gasteiger partial charge in [-0.05, 0) is 30.5 Å². The van der Waals surface area contributed by atoms with E-state index in [1.165, 1.54) is 12.1 Å². The fraction of sp³-hybridized carbons (Fsp3) is 0.500. The highest BCUT2D eigenvalue weighted by atomic mass is 16.5. The quantitative estimate of drug-likeness (QED) is 0.759. The third kappa shape index (κ3) is 2.87. The molecule has 87 valence electrons. The summed E-state index contributed by atoms with van der Waals surface area (Å²) in [6.07, 6.45) is 2.22. The van der Waals surface area contributed by atoms with Gasteiger partial charge in [-0.3, -0.25) is 0 Å². The van der Waals surface area contributed by atoms with Crippen molar-refractivity contribution in [2.24, 2.45) is 0 Å². The van der Waals surface area contributed by atoms with Gasteiger partial charge in [-0.15, -0.1) is 0 Å². The predicted molar refractivity (Wildman–Crippen MR) is 59.5 cm³/mol. The minimum absolute atomic E-state index is 0.0970. The Morgan fingerprint density at radius 1 is 1.19 bits per heavy atom. The lowest BCUT2D eigenvalue weighted by molar-refractivity contribution is 0.0206. The highest BCUT2D eigenvalue weighted by Gasteiger charge is 2.14. The molecule has 1 saturated heterocycles. The van der Waals surface area contributed by atoms with Gasteiger partial charge in [-0.1, -0.05) is 6.07 Å². The number of phenols is 2. The fourth-order valence-electron chi connectivity index (χ4n) is 1.77. The molecule has 1 aliphatic rings. The van der Waals surface area contributed by atoms with Crippen molar-refractivity contribution in [3.63, 3.8) is 0 Å². The van der Waals surface area contributed by atoms with Crippen molar-refractivity contribution < 1.29 is 14.9 Å². The van der Waals surface area contributed by atoms with Crippen LogP contribution in [-0.2, 0) is 11.3 Å². The highest BCUT2D eigenvalue weighted by molar-refractivity contribution is 5.40. The van der Waals surface area contributed by atoms with Crippen LogP contribution in [0.15, 0.2) is 18.2 Å². The lowest BCUT2D eigenvalue weighted by atomic mass is 10.1. The number of nitrogens with zero attached hydrogens (tertiary/aromatic N) is 1. The lowest BCUT2D eigenvalue weighted by Gasteiger charge is -2.21. The van der Waals surface area contributed by atoms with E-state index in [0.29, 0.717) is 6.61 Å². The number of hydrogen-bond acceptors (Lipinski definition) is 3. The Kier molecular flexibility index (Phi) is 3.64. The second-order valence-corrected chi connectivity index (χ2v) is 4.00. The van der Waals surface area contributed by atoms with Crippen LogP contribution in [-0.4, -0.2) is 29.4 Å². The van der Waals surface area contributed by atoms with E-state index in [2.05, 4.69) is 5.32 Å². The first-order chi connectivity index (χ1) is 7.75. The van der Waals surface area contributed by atoms with Crippen molar-refractivity contribution in [2.75, 3.05) is 13.1 Å². The van der Waals surface area contributed by atoms with Crippen LogP contribution in [0.3, 0.4) is 0 Å². The number of piperidine rings is 1. The molecular formula is C12H16NO3. The standard InChI is InChI=1S/C12H16NO3/c14-11-2-1-9(7-12(11)15)8-16-10-3-5-13-6-4-10/h1-2,7,10,14-15H,3-6,8H2. The Hall–Kier alpha value is -1.26. The summed E-state index contributed by atoms with van der Waals surface area (Å²) in [4.78, 5) is 0. The summed E-state index contributed by atoms with van der Waals surface area (Å²) in [5.41, 5.74) is 0.873. The zero-order valence-electron chi connectivity index (χ0n) is 9.09. The van der Waals surface area contributed by atoms with Crippen molar-refractivity contribution in [2.45, 2.75) is 25.6 Å². The van der Waals surface area contributed by atoms with Crippen LogP contribution >= 0.6 is 0 Å². The molecule has 0 bridgehead atoms. The molecule has 1 radical (unpaired) electrons. The maximum atomic E-state index is 9.32. The number of rotatable bonds is 3. The van der Waals surface area contributed by atoms with Crippen LogP contribution in [0.2, 0.25) is 0 Å². The van der Waals surface area contributed by atoms with E-state index in [1.54, 1.807) is 6.07 Å². The highest BCUT2D eigenvalue weighted by Crippen LogP contribution is 2.25. The third-order valence-corrected chi connectivity index (χ3v) is 2.74. The fourth-order valence-corrected chi connectivity index (χ4v) is 1.77. The Bertz CT molecular complexity index is 348. The minimum Gasteiger partial charge on any atom is -0.504 e. The molecule has 0 atom stereocenters. The van der Waals surface area contributed by atoms with Crippen LogP contribution in [0.5, 0.6) is 11.5 Å². The second-order valence-electron chi connectivity index (χ2n) is 4.00. The molecule has 1 heterocycles.